The summed E-state index contributed by atoms with van der Waals surface area (Å²) in [6.45, 7) is 4.26. The van der Waals surface area contributed by atoms with Crippen molar-refractivity contribution in [2.24, 2.45) is 0 Å². The SMILES string of the molecule is CCCn1c(C)c2c(=O)oc3c4ccccc4c(=O)c(c1O)c23. The van der Waals surface area contributed by atoms with Crippen LogP contribution >= 0.6 is 0 Å². The normalized spacial score (nSPS) is 11.9. The van der Waals surface area contributed by atoms with Crippen molar-refractivity contribution in [1.82, 2.24) is 4.57 Å². The van der Waals surface area contributed by atoms with Gasteiger partial charge in [0.05, 0.1) is 16.2 Å². The molecule has 0 aliphatic carbocycles. The first kappa shape index (κ1) is 13.8. The number of rotatable bonds is 2. The number of hydrogen-bond donors (Lipinski definition) is 1. The molecule has 0 bridgehead atoms. The molecule has 0 saturated heterocycles. The van der Waals surface area contributed by atoms with Gasteiger partial charge >= 0.3 is 5.63 Å². The summed E-state index contributed by atoms with van der Waals surface area (Å²) < 4.78 is 7.07. The fourth-order valence-electron chi connectivity index (χ4n) is 3.43. The zero-order valence-electron chi connectivity index (χ0n) is 12.8. The smallest absolute Gasteiger partial charge is 0.346 e. The zero-order valence-corrected chi connectivity index (χ0v) is 12.8. The predicted octanol–water partition coefficient (Wildman–Crippen LogP) is 3.12. The Morgan fingerprint density at radius 2 is 1.78 bits per heavy atom. The second kappa shape index (κ2) is 4.59. The Hall–Kier alpha value is -2.82. The fourth-order valence-corrected chi connectivity index (χ4v) is 3.43. The van der Waals surface area contributed by atoms with E-state index in [1.54, 1.807) is 35.8 Å². The third kappa shape index (κ3) is 1.62. The highest BCUT2D eigenvalue weighted by molar-refractivity contribution is 6.20. The van der Waals surface area contributed by atoms with Gasteiger partial charge in [-0.25, -0.2) is 4.79 Å². The van der Waals surface area contributed by atoms with Gasteiger partial charge in [-0.2, -0.15) is 0 Å². The summed E-state index contributed by atoms with van der Waals surface area (Å²) in [6.07, 6.45) is 0.772. The first-order valence-corrected chi connectivity index (χ1v) is 7.59. The predicted molar refractivity (Wildman–Crippen MR) is 89.6 cm³/mol. The number of furan rings is 1. The van der Waals surface area contributed by atoms with Crippen LogP contribution in [0.5, 0.6) is 5.88 Å². The van der Waals surface area contributed by atoms with Crippen LogP contribution in [0.15, 0.2) is 38.3 Å². The molecule has 2 aromatic carbocycles. The average Bonchev–Trinajstić information content (AvgIpc) is 2.88. The average molecular weight is 309 g/mol. The Kier molecular flexibility index (Phi) is 2.75. The molecule has 4 rings (SSSR count). The number of fused-ring (bicyclic) bond motifs is 2. The van der Waals surface area contributed by atoms with Gasteiger partial charge in [0, 0.05) is 23.0 Å². The Labute approximate surface area is 130 Å². The maximum atomic E-state index is 12.9. The first-order valence-electron chi connectivity index (χ1n) is 7.59. The molecule has 5 heteroatoms. The minimum atomic E-state index is -0.469. The summed E-state index contributed by atoms with van der Waals surface area (Å²) in [6, 6.07) is 6.99. The molecule has 1 N–H and O–H groups in total. The van der Waals surface area contributed by atoms with Crippen LogP contribution in [0.2, 0.25) is 0 Å². The van der Waals surface area contributed by atoms with Crippen LogP contribution in [0, 0.1) is 6.92 Å². The minimum absolute atomic E-state index is 0.0987. The van der Waals surface area contributed by atoms with Gasteiger partial charge in [-0.3, -0.25) is 4.79 Å². The summed E-state index contributed by atoms with van der Waals surface area (Å²) in [7, 11) is 0. The fraction of sp³-hybridized carbons (Fsp3) is 0.222. The molecule has 2 heterocycles. The van der Waals surface area contributed by atoms with Crippen LogP contribution in [-0.2, 0) is 6.54 Å². The van der Waals surface area contributed by atoms with Gasteiger partial charge in [0.2, 0.25) is 5.88 Å². The van der Waals surface area contributed by atoms with E-state index in [1.165, 1.54) is 0 Å². The van der Waals surface area contributed by atoms with Crippen molar-refractivity contribution in [2.45, 2.75) is 26.8 Å². The molecule has 4 aromatic rings. The lowest BCUT2D eigenvalue weighted by atomic mass is 10.0. The van der Waals surface area contributed by atoms with E-state index in [0.717, 1.165) is 6.42 Å². The lowest BCUT2D eigenvalue weighted by Gasteiger charge is -2.15. The number of aryl methyl sites for hydroxylation is 1. The summed E-state index contributed by atoms with van der Waals surface area (Å²) in [5.41, 5.74) is 0.247. The maximum Gasteiger partial charge on any atom is 0.346 e. The van der Waals surface area contributed by atoms with Crippen molar-refractivity contribution < 1.29 is 9.52 Å². The zero-order chi connectivity index (χ0) is 16.3. The first-order chi connectivity index (χ1) is 11.1. The van der Waals surface area contributed by atoms with Gasteiger partial charge in [0.1, 0.15) is 5.58 Å². The van der Waals surface area contributed by atoms with Gasteiger partial charge in [0.25, 0.3) is 0 Å². The van der Waals surface area contributed by atoms with Gasteiger partial charge in [-0.1, -0.05) is 31.2 Å². The monoisotopic (exact) mass is 309 g/mol. The van der Waals surface area contributed by atoms with E-state index < -0.39 is 5.63 Å². The van der Waals surface area contributed by atoms with Crippen molar-refractivity contribution in [2.75, 3.05) is 0 Å². The molecule has 0 radical (unpaired) electrons. The van der Waals surface area contributed by atoms with E-state index in [2.05, 4.69) is 0 Å². The highest BCUT2D eigenvalue weighted by atomic mass is 16.4. The Morgan fingerprint density at radius 3 is 2.48 bits per heavy atom. The molecule has 0 aliphatic rings. The molecule has 0 spiro atoms. The third-order valence-electron chi connectivity index (χ3n) is 4.46. The van der Waals surface area contributed by atoms with Gasteiger partial charge in [0.15, 0.2) is 5.43 Å². The van der Waals surface area contributed by atoms with E-state index in [9.17, 15) is 14.7 Å². The van der Waals surface area contributed by atoms with E-state index in [1.807, 2.05) is 6.92 Å². The van der Waals surface area contributed by atoms with Crippen LogP contribution in [0.4, 0.5) is 0 Å². The molecule has 23 heavy (non-hydrogen) atoms. The van der Waals surface area contributed by atoms with E-state index in [4.69, 9.17) is 4.42 Å². The van der Waals surface area contributed by atoms with Crippen LogP contribution in [0.25, 0.3) is 32.5 Å². The molecule has 116 valence electrons. The molecule has 0 amide bonds. The second-order valence-electron chi connectivity index (χ2n) is 5.78. The lowest BCUT2D eigenvalue weighted by molar-refractivity contribution is 0.413. The molecule has 0 atom stereocenters. The van der Waals surface area contributed by atoms with E-state index in [0.29, 0.717) is 39.4 Å². The number of aromatic hydroxyl groups is 1. The van der Waals surface area contributed by atoms with Crippen LogP contribution in [-0.4, -0.2) is 9.67 Å². The molecule has 0 fully saturated rings. The number of benzene rings is 2. The summed E-state index contributed by atoms with van der Waals surface area (Å²) in [5, 5.41) is 12.7. The molecule has 0 saturated carbocycles. The molecule has 2 aromatic heterocycles. The van der Waals surface area contributed by atoms with Crippen molar-refractivity contribution in [3.05, 3.63) is 50.6 Å². The van der Waals surface area contributed by atoms with Crippen molar-refractivity contribution in [3.63, 3.8) is 0 Å². The Bertz CT molecular complexity index is 1180. The molecule has 5 nitrogen and oxygen atoms in total. The molecule has 0 aliphatic heterocycles. The van der Waals surface area contributed by atoms with E-state index >= 15 is 0 Å². The second-order valence-corrected chi connectivity index (χ2v) is 5.78. The maximum absolute atomic E-state index is 12.9. The summed E-state index contributed by atoms with van der Waals surface area (Å²) in [4.78, 5) is 25.2. The third-order valence-corrected chi connectivity index (χ3v) is 4.46. The quantitative estimate of drug-likeness (QED) is 0.577. The Morgan fingerprint density at radius 1 is 1.09 bits per heavy atom. The number of hydrogen-bond acceptors (Lipinski definition) is 4. The van der Waals surface area contributed by atoms with Crippen LogP contribution in [0.3, 0.4) is 0 Å². The standard InChI is InChI=1S/C18H15NO4/c1-3-8-19-9(2)12-13-14(17(19)21)15(20)10-6-4-5-7-11(10)16(13)23-18(12)22/h4-7,21H,3,8H2,1-2H3. The molecule has 0 unspecified atom stereocenters. The van der Waals surface area contributed by atoms with Crippen molar-refractivity contribution >= 4 is 32.5 Å². The van der Waals surface area contributed by atoms with Gasteiger partial charge < -0.3 is 14.1 Å². The highest BCUT2D eigenvalue weighted by Gasteiger charge is 2.24. The van der Waals surface area contributed by atoms with Gasteiger partial charge in [-0.05, 0) is 13.3 Å². The number of nitrogens with zero attached hydrogens (tertiary/aromatic N) is 1. The lowest BCUT2D eigenvalue weighted by Crippen LogP contribution is -2.11. The summed E-state index contributed by atoms with van der Waals surface area (Å²) in [5.74, 6) is -0.0987. The van der Waals surface area contributed by atoms with Gasteiger partial charge in [-0.15, -0.1) is 0 Å². The summed E-state index contributed by atoms with van der Waals surface area (Å²) >= 11 is 0. The van der Waals surface area contributed by atoms with Crippen molar-refractivity contribution in [3.8, 4) is 5.88 Å². The topological polar surface area (TPSA) is 72.4 Å². The van der Waals surface area contributed by atoms with E-state index in [-0.39, 0.29) is 16.7 Å². The Balaban J connectivity index is 2.44. The molecular formula is C18H15NO4. The highest BCUT2D eigenvalue weighted by Crippen LogP contribution is 2.36. The van der Waals surface area contributed by atoms with Crippen LogP contribution < -0.4 is 11.1 Å². The van der Waals surface area contributed by atoms with Crippen LogP contribution in [0.1, 0.15) is 19.0 Å². The largest absolute Gasteiger partial charge is 0.494 e. The number of pyridine rings is 1. The number of aromatic nitrogens is 1. The molecular weight excluding hydrogens is 294 g/mol. The minimum Gasteiger partial charge on any atom is -0.494 e. The van der Waals surface area contributed by atoms with Crippen molar-refractivity contribution in [1.29, 1.82) is 0 Å².